The van der Waals surface area contributed by atoms with Gasteiger partial charge in [0.1, 0.15) is 11.5 Å². The van der Waals surface area contributed by atoms with Crippen molar-refractivity contribution < 1.29 is 9.18 Å². The molecule has 4 nitrogen and oxygen atoms in total. The van der Waals surface area contributed by atoms with Gasteiger partial charge < -0.3 is 10.6 Å². The highest BCUT2D eigenvalue weighted by Gasteiger charge is 2.17. The van der Waals surface area contributed by atoms with Gasteiger partial charge in [-0.05, 0) is 32.0 Å². The van der Waals surface area contributed by atoms with E-state index in [0.29, 0.717) is 6.54 Å². The number of hydrogen-bond acceptors (Lipinski definition) is 3. The summed E-state index contributed by atoms with van der Waals surface area (Å²) in [7, 11) is 1.69. The third-order valence-electron chi connectivity index (χ3n) is 2.51. The summed E-state index contributed by atoms with van der Waals surface area (Å²) in [5, 5.41) is 0. The molecule has 1 heterocycles. The molecule has 0 aromatic carbocycles. The Bertz CT molecular complexity index is 353. The molecule has 5 heteroatoms. The first kappa shape index (κ1) is 12.6. The molecule has 0 fully saturated rings. The summed E-state index contributed by atoms with van der Waals surface area (Å²) in [4.78, 5) is 17.2. The van der Waals surface area contributed by atoms with Gasteiger partial charge in [0.2, 0.25) is 0 Å². The predicted molar refractivity (Wildman–Crippen MR) is 59.4 cm³/mol. The van der Waals surface area contributed by atoms with E-state index in [0.717, 1.165) is 12.6 Å². The van der Waals surface area contributed by atoms with Crippen LogP contribution >= 0.6 is 0 Å². The average Bonchev–Trinajstić information content (AvgIpc) is 2.28. The lowest BCUT2D eigenvalue weighted by molar-refractivity contribution is 0.0733. The van der Waals surface area contributed by atoms with Gasteiger partial charge >= 0.3 is 0 Å². The average molecular weight is 225 g/mol. The standard InChI is InChI=1S/C11H16FN3O/c1-8(5-6-13)15(2)11(16)10-4-3-9(12)7-14-10/h3-4,7-8H,5-6,13H2,1-2H3. The van der Waals surface area contributed by atoms with Gasteiger partial charge in [-0.1, -0.05) is 0 Å². The molecule has 2 N–H and O–H groups in total. The van der Waals surface area contributed by atoms with Gasteiger partial charge in [-0.2, -0.15) is 0 Å². The largest absolute Gasteiger partial charge is 0.338 e. The minimum Gasteiger partial charge on any atom is -0.338 e. The Balaban J connectivity index is 2.73. The summed E-state index contributed by atoms with van der Waals surface area (Å²) >= 11 is 0. The zero-order valence-corrected chi connectivity index (χ0v) is 9.48. The highest BCUT2D eigenvalue weighted by molar-refractivity contribution is 5.92. The van der Waals surface area contributed by atoms with Gasteiger partial charge in [0.05, 0.1) is 6.20 Å². The number of carbonyl (C=O) groups excluding carboxylic acids is 1. The van der Waals surface area contributed by atoms with Crippen molar-refractivity contribution >= 4 is 5.91 Å². The summed E-state index contributed by atoms with van der Waals surface area (Å²) in [6.45, 7) is 2.43. The van der Waals surface area contributed by atoms with Crippen molar-refractivity contribution in [3.63, 3.8) is 0 Å². The molecule has 0 aliphatic rings. The first-order valence-corrected chi connectivity index (χ1v) is 5.15. The van der Waals surface area contributed by atoms with Crippen LogP contribution in [0.1, 0.15) is 23.8 Å². The Labute approximate surface area is 94.3 Å². The molecule has 1 atom stereocenters. The quantitative estimate of drug-likeness (QED) is 0.832. The van der Waals surface area contributed by atoms with Crippen LogP contribution in [0.3, 0.4) is 0 Å². The van der Waals surface area contributed by atoms with Gasteiger partial charge in [-0.15, -0.1) is 0 Å². The lowest BCUT2D eigenvalue weighted by Gasteiger charge is -2.24. The van der Waals surface area contributed by atoms with Crippen LogP contribution in [-0.2, 0) is 0 Å². The van der Waals surface area contributed by atoms with Crippen LogP contribution in [0.5, 0.6) is 0 Å². The van der Waals surface area contributed by atoms with E-state index in [1.807, 2.05) is 6.92 Å². The first-order valence-electron chi connectivity index (χ1n) is 5.15. The van der Waals surface area contributed by atoms with Crippen LogP contribution in [0, 0.1) is 5.82 Å². The van der Waals surface area contributed by atoms with Crippen molar-refractivity contribution in [3.05, 3.63) is 29.8 Å². The minimum atomic E-state index is -0.450. The Morgan fingerprint density at radius 3 is 2.81 bits per heavy atom. The van der Waals surface area contributed by atoms with Crippen LogP contribution < -0.4 is 5.73 Å². The molecule has 0 aliphatic heterocycles. The van der Waals surface area contributed by atoms with Gasteiger partial charge in [0, 0.05) is 13.1 Å². The molecule has 0 saturated heterocycles. The maximum Gasteiger partial charge on any atom is 0.272 e. The van der Waals surface area contributed by atoms with Crippen molar-refractivity contribution in [2.24, 2.45) is 5.73 Å². The molecule has 1 aromatic heterocycles. The Morgan fingerprint density at radius 1 is 1.62 bits per heavy atom. The maximum absolute atomic E-state index is 12.6. The SMILES string of the molecule is CC(CCN)N(C)C(=O)c1ccc(F)cn1. The minimum absolute atomic E-state index is 0.0457. The predicted octanol–water partition coefficient (Wildman–Crippen LogP) is 1.03. The molecule has 0 spiro atoms. The second kappa shape index (κ2) is 5.55. The molecular weight excluding hydrogens is 209 g/mol. The fourth-order valence-electron chi connectivity index (χ4n) is 1.32. The topological polar surface area (TPSA) is 59.2 Å². The van der Waals surface area contributed by atoms with Crippen molar-refractivity contribution in [1.29, 1.82) is 0 Å². The van der Waals surface area contributed by atoms with Crippen molar-refractivity contribution in [2.75, 3.05) is 13.6 Å². The Morgan fingerprint density at radius 2 is 2.31 bits per heavy atom. The lowest BCUT2D eigenvalue weighted by Crippen LogP contribution is -2.36. The summed E-state index contributed by atoms with van der Waals surface area (Å²) in [6, 6.07) is 2.65. The molecule has 1 rings (SSSR count). The number of carbonyl (C=O) groups is 1. The molecule has 16 heavy (non-hydrogen) atoms. The molecule has 1 amide bonds. The van der Waals surface area contributed by atoms with Crippen LogP contribution in [0.25, 0.3) is 0 Å². The number of amides is 1. The van der Waals surface area contributed by atoms with Crippen LogP contribution in [-0.4, -0.2) is 35.4 Å². The molecule has 0 bridgehead atoms. The van der Waals surface area contributed by atoms with E-state index in [9.17, 15) is 9.18 Å². The first-order chi connectivity index (χ1) is 7.56. The highest BCUT2D eigenvalue weighted by atomic mass is 19.1. The van der Waals surface area contributed by atoms with E-state index in [4.69, 9.17) is 5.73 Å². The third-order valence-corrected chi connectivity index (χ3v) is 2.51. The summed E-state index contributed by atoms with van der Waals surface area (Å²) in [5.74, 6) is -0.671. The van der Waals surface area contributed by atoms with Crippen LogP contribution in [0.15, 0.2) is 18.3 Å². The second-order valence-electron chi connectivity index (χ2n) is 3.70. The van der Waals surface area contributed by atoms with Crippen molar-refractivity contribution in [1.82, 2.24) is 9.88 Å². The zero-order valence-electron chi connectivity index (χ0n) is 9.48. The van der Waals surface area contributed by atoms with Crippen molar-refractivity contribution in [3.8, 4) is 0 Å². The molecule has 88 valence electrons. The number of rotatable bonds is 4. The number of hydrogen-bond donors (Lipinski definition) is 1. The van der Waals surface area contributed by atoms with Crippen molar-refractivity contribution in [2.45, 2.75) is 19.4 Å². The Kier molecular flexibility index (Phi) is 4.37. The molecule has 0 saturated carbocycles. The van der Waals surface area contributed by atoms with Gasteiger partial charge in [0.25, 0.3) is 5.91 Å². The van der Waals surface area contributed by atoms with Crippen LogP contribution in [0.4, 0.5) is 4.39 Å². The fraction of sp³-hybridized carbons (Fsp3) is 0.455. The molecule has 1 unspecified atom stereocenters. The van der Waals surface area contributed by atoms with E-state index >= 15 is 0 Å². The number of halogens is 1. The summed E-state index contributed by atoms with van der Waals surface area (Å²) in [5.41, 5.74) is 5.67. The molecule has 0 radical (unpaired) electrons. The van der Waals surface area contributed by atoms with E-state index in [2.05, 4.69) is 4.98 Å². The van der Waals surface area contributed by atoms with E-state index < -0.39 is 5.82 Å². The van der Waals surface area contributed by atoms with E-state index in [1.54, 1.807) is 11.9 Å². The maximum atomic E-state index is 12.6. The molecule has 0 aliphatic carbocycles. The normalized spacial score (nSPS) is 12.2. The van der Waals surface area contributed by atoms with E-state index in [1.165, 1.54) is 12.1 Å². The monoisotopic (exact) mass is 225 g/mol. The zero-order chi connectivity index (χ0) is 12.1. The second-order valence-corrected chi connectivity index (χ2v) is 3.70. The number of nitrogens with zero attached hydrogens (tertiary/aromatic N) is 2. The van der Waals surface area contributed by atoms with Gasteiger partial charge in [-0.25, -0.2) is 9.37 Å². The van der Waals surface area contributed by atoms with E-state index in [-0.39, 0.29) is 17.6 Å². The molecule has 1 aromatic rings. The fourth-order valence-corrected chi connectivity index (χ4v) is 1.32. The Hall–Kier alpha value is -1.49. The molecular formula is C11H16FN3O. The van der Waals surface area contributed by atoms with Crippen LogP contribution in [0.2, 0.25) is 0 Å². The summed E-state index contributed by atoms with van der Waals surface area (Å²) < 4.78 is 12.6. The number of nitrogens with two attached hydrogens (primary N) is 1. The highest BCUT2D eigenvalue weighted by Crippen LogP contribution is 2.06. The summed E-state index contributed by atoms with van der Waals surface area (Å²) in [6.07, 6.45) is 1.76. The third kappa shape index (κ3) is 3.00. The number of pyridine rings is 1. The van der Waals surface area contributed by atoms with Gasteiger partial charge in [0.15, 0.2) is 0 Å². The smallest absolute Gasteiger partial charge is 0.272 e. The van der Waals surface area contributed by atoms with Gasteiger partial charge in [-0.3, -0.25) is 4.79 Å². The lowest BCUT2D eigenvalue weighted by atomic mass is 10.2. The number of aromatic nitrogens is 1.